The van der Waals surface area contributed by atoms with Gasteiger partial charge in [0.05, 0.1) is 25.1 Å². The zero-order valence-corrected chi connectivity index (χ0v) is 18.3. The summed E-state index contributed by atoms with van der Waals surface area (Å²) in [5.74, 6) is -1.01. The van der Waals surface area contributed by atoms with Crippen molar-refractivity contribution in [3.8, 4) is 5.75 Å². The highest BCUT2D eigenvalue weighted by atomic mass is 16.5. The Balaban J connectivity index is 1.58. The van der Waals surface area contributed by atoms with Crippen molar-refractivity contribution in [3.05, 3.63) is 92.1 Å². The molecule has 1 aliphatic heterocycles. The standard InChI is InChI=1S/C24H24N4O5/c1-27-23(31)20-18(12-19(29)25-13-16-9-6-10-17(11-16)33-2)22(30)26-21(20)28(24(27)32)14-15-7-4-3-5-8-15/h3-11,18H,12-14H2,1-2H3,(H,25,29)(H,26,30)/t18-/m1/s1. The molecule has 9 nitrogen and oxygen atoms in total. The highest BCUT2D eigenvalue weighted by Crippen LogP contribution is 2.31. The van der Waals surface area contributed by atoms with Gasteiger partial charge in [-0.25, -0.2) is 4.79 Å². The Hall–Kier alpha value is -4.14. The molecule has 2 aromatic carbocycles. The summed E-state index contributed by atoms with van der Waals surface area (Å²) in [6, 6.07) is 16.5. The fourth-order valence-electron chi connectivity index (χ4n) is 3.92. The van der Waals surface area contributed by atoms with Crippen LogP contribution in [0, 0.1) is 0 Å². The maximum absolute atomic E-state index is 12.9. The molecule has 0 aliphatic carbocycles. The van der Waals surface area contributed by atoms with Gasteiger partial charge in [-0.05, 0) is 23.3 Å². The average Bonchev–Trinajstić information content (AvgIpc) is 3.15. The summed E-state index contributed by atoms with van der Waals surface area (Å²) in [6.45, 7) is 0.438. The van der Waals surface area contributed by atoms with Gasteiger partial charge < -0.3 is 15.4 Å². The van der Waals surface area contributed by atoms with Gasteiger partial charge in [-0.3, -0.25) is 23.5 Å². The van der Waals surface area contributed by atoms with Gasteiger partial charge in [-0.1, -0.05) is 42.5 Å². The van der Waals surface area contributed by atoms with Crippen molar-refractivity contribution in [2.45, 2.75) is 25.4 Å². The molecule has 0 saturated carbocycles. The Morgan fingerprint density at radius 2 is 1.79 bits per heavy atom. The van der Waals surface area contributed by atoms with Crippen molar-refractivity contribution >= 4 is 17.6 Å². The molecule has 1 aliphatic rings. The Labute approximate surface area is 189 Å². The maximum atomic E-state index is 12.9. The van der Waals surface area contributed by atoms with E-state index < -0.39 is 23.1 Å². The number of nitrogens with zero attached hydrogens (tertiary/aromatic N) is 2. The summed E-state index contributed by atoms with van der Waals surface area (Å²) < 4.78 is 7.51. The lowest BCUT2D eigenvalue weighted by molar-refractivity contribution is -0.125. The van der Waals surface area contributed by atoms with Gasteiger partial charge >= 0.3 is 5.69 Å². The summed E-state index contributed by atoms with van der Waals surface area (Å²) in [5.41, 5.74) is 0.699. The maximum Gasteiger partial charge on any atom is 0.332 e. The number of nitrogens with one attached hydrogen (secondary N) is 2. The number of hydrogen-bond acceptors (Lipinski definition) is 5. The lowest BCUT2D eigenvalue weighted by Gasteiger charge is -2.14. The predicted molar refractivity (Wildman–Crippen MR) is 122 cm³/mol. The number of methoxy groups -OCH3 is 1. The fourth-order valence-corrected chi connectivity index (χ4v) is 3.92. The molecule has 0 bridgehead atoms. The van der Waals surface area contributed by atoms with E-state index in [4.69, 9.17) is 4.74 Å². The number of carbonyl (C=O) groups is 2. The molecule has 1 aromatic heterocycles. The number of rotatable bonds is 7. The minimum Gasteiger partial charge on any atom is -0.497 e. The summed E-state index contributed by atoms with van der Waals surface area (Å²) >= 11 is 0. The third-order valence-corrected chi connectivity index (χ3v) is 5.68. The third kappa shape index (κ3) is 4.43. The lowest BCUT2D eigenvalue weighted by Crippen LogP contribution is -2.40. The Morgan fingerprint density at radius 3 is 2.52 bits per heavy atom. The highest BCUT2D eigenvalue weighted by molar-refractivity contribution is 6.04. The second kappa shape index (κ2) is 9.15. The number of carbonyl (C=O) groups excluding carboxylic acids is 2. The molecule has 33 heavy (non-hydrogen) atoms. The van der Waals surface area contributed by atoms with Gasteiger partial charge in [0.2, 0.25) is 11.8 Å². The van der Waals surface area contributed by atoms with Crippen molar-refractivity contribution < 1.29 is 14.3 Å². The van der Waals surface area contributed by atoms with E-state index in [1.807, 2.05) is 42.5 Å². The van der Waals surface area contributed by atoms with Crippen LogP contribution in [0.2, 0.25) is 0 Å². The van der Waals surface area contributed by atoms with Crippen LogP contribution in [0.3, 0.4) is 0 Å². The molecule has 0 spiro atoms. The SMILES string of the molecule is COc1cccc(CNC(=O)C[C@H]2C(=O)Nc3c2c(=O)n(C)c(=O)n3Cc2ccccc2)c1. The van der Waals surface area contributed by atoms with Gasteiger partial charge in [-0.2, -0.15) is 0 Å². The van der Waals surface area contributed by atoms with Gasteiger partial charge in [0.1, 0.15) is 11.6 Å². The van der Waals surface area contributed by atoms with Crippen LogP contribution in [0.15, 0.2) is 64.2 Å². The largest absolute Gasteiger partial charge is 0.497 e. The minimum absolute atomic E-state index is 0.134. The second-order valence-electron chi connectivity index (χ2n) is 7.85. The molecule has 0 radical (unpaired) electrons. The molecule has 9 heteroatoms. The quantitative estimate of drug-likeness (QED) is 0.567. The van der Waals surface area contributed by atoms with E-state index in [-0.39, 0.29) is 36.8 Å². The number of benzene rings is 2. The number of aromatic nitrogens is 2. The van der Waals surface area contributed by atoms with Crippen LogP contribution in [0.1, 0.15) is 29.0 Å². The Bertz CT molecular complexity index is 1330. The number of hydrogen-bond donors (Lipinski definition) is 2. The molecule has 1 atom stereocenters. The molecule has 2 N–H and O–H groups in total. The topological polar surface area (TPSA) is 111 Å². The number of fused-ring (bicyclic) bond motifs is 1. The molecule has 2 heterocycles. The van der Waals surface area contributed by atoms with Gasteiger partial charge in [-0.15, -0.1) is 0 Å². The van der Waals surface area contributed by atoms with Crippen LogP contribution in [0.4, 0.5) is 5.82 Å². The number of ether oxygens (including phenoxy) is 1. The van der Waals surface area contributed by atoms with E-state index in [9.17, 15) is 19.2 Å². The van der Waals surface area contributed by atoms with Crippen LogP contribution in [-0.4, -0.2) is 28.1 Å². The predicted octanol–water partition coefficient (Wildman–Crippen LogP) is 1.35. The molecular weight excluding hydrogens is 424 g/mol. The number of anilines is 1. The van der Waals surface area contributed by atoms with E-state index in [1.165, 1.54) is 11.6 Å². The molecule has 3 aromatic rings. The first-order valence-corrected chi connectivity index (χ1v) is 10.5. The summed E-state index contributed by atoms with van der Waals surface area (Å²) in [6.07, 6.45) is -0.207. The van der Waals surface area contributed by atoms with Gasteiger partial charge in [0, 0.05) is 20.0 Å². The molecule has 0 fully saturated rings. The second-order valence-corrected chi connectivity index (χ2v) is 7.85. The van der Waals surface area contributed by atoms with Crippen LogP contribution >= 0.6 is 0 Å². The summed E-state index contributed by atoms with van der Waals surface area (Å²) in [5, 5.41) is 5.43. The van der Waals surface area contributed by atoms with E-state index in [2.05, 4.69) is 10.6 Å². The first-order valence-electron chi connectivity index (χ1n) is 10.5. The van der Waals surface area contributed by atoms with Crippen molar-refractivity contribution in [3.63, 3.8) is 0 Å². The van der Waals surface area contributed by atoms with Crippen LogP contribution < -0.4 is 26.6 Å². The van der Waals surface area contributed by atoms with Crippen molar-refractivity contribution in [1.82, 2.24) is 14.5 Å². The molecule has 4 rings (SSSR count). The Kier molecular flexibility index (Phi) is 6.12. The monoisotopic (exact) mass is 448 g/mol. The zero-order valence-electron chi connectivity index (χ0n) is 18.3. The van der Waals surface area contributed by atoms with Crippen LogP contribution in [-0.2, 0) is 29.7 Å². The normalized spacial score (nSPS) is 14.5. The lowest BCUT2D eigenvalue weighted by atomic mass is 9.99. The van der Waals surface area contributed by atoms with E-state index in [0.717, 1.165) is 15.7 Å². The third-order valence-electron chi connectivity index (χ3n) is 5.68. The van der Waals surface area contributed by atoms with Gasteiger partial charge in [0.15, 0.2) is 0 Å². The van der Waals surface area contributed by atoms with E-state index >= 15 is 0 Å². The zero-order chi connectivity index (χ0) is 23.5. The van der Waals surface area contributed by atoms with Crippen LogP contribution in [0.5, 0.6) is 5.75 Å². The molecule has 0 unspecified atom stereocenters. The number of amides is 2. The average molecular weight is 448 g/mol. The summed E-state index contributed by atoms with van der Waals surface area (Å²) in [4.78, 5) is 51.0. The fraction of sp³-hybridized carbons (Fsp3) is 0.250. The first-order chi connectivity index (χ1) is 15.9. The van der Waals surface area contributed by atoms with Crippen molar-refractivity contribution in [2.24, 2.45) is 7.05 Å². The van der Waals surface area contributed by atoms with E-state index in [1.54, 1.807) is 19.2 Å². The molecule has 170 valence electrons. The van der Waals surface area contributed by atoms with Gasteiger partial charge in [0.25, 0.3) is 5.56 Å². The highest BCUT2D eigenvalue weighted by Gasteiger charge is 2.38. The van der Waals surface area contributed by atoms with Crippen molar-refractivity contribution in [1.29, 1.82) is 0 Å². The van der Waals surface area contributed by atoms with Crippen molar-refractivity contribution in [2.75, 3.05) is 12.4 Å². The summed E-state index contributed by atoms with van der Waals surface area (Å²) in [7, 11) is 2.93. The smallest absolute Gasteiger partial charge is 0.332 e. The first kappa shape index (κ1) is 22.1. The molecular formula is C24H24N4O5. The Morgan fingerprint density at radius 1 is 1.06 bits per heavy atom. The van der Waals surface area contributed by atoms with Crippen LogP contribution in [0.25, 0.3) is 0 Å². The molecule has 0 saturated heterocycles. The van der Waals surface area contributed by atoms with E-state index in [0.29, 0.717) is 5.75 Å². The minimum atomic E-state index is -0.980. The molecule has 2 amide bonds.